The van der Waals surface area contributed by atoms with Crippen LogP contribution < -0.4 is 0 Å². The van der Waals surface area contributed by atoms with E-state index in [1.54, 1.807) is 30.7 Å². The van der Waals surface area contributed by atoms with Crippen LogP contribution in [0.4, 0.5) is 13.2 Å². The molecule has 1 saturated heterocycles. The minimum atomic E-state index is -4.45. The fourth-order valence-corrected chi connectivity index (χ4v) is 5.68. The van der Waals surface area contributed by atoms with Gasteiger partial charge in [-0.1, -0.05) is 18.5 Å². The molecule has 2 heterocycles. The molecule has 0 radical (unpaired) electrons. The van der Waals surface area contributed by atoms with Crippen molar-refractivity contribution in [2.75, 3.05) is 13.1 Å². The molecule has 3 aromatic rings. The summed E-state index contributed by atoms with van der Waals surface area (Å²) in [7, 11) is 1.77. The molecule has 5 nitrogen and oxygen atoms in total. The molecular formula is C28H31ClF3N3O2. The van der Waals surface area contributed by atoms with Gasteiger partial charge >= 0.3 is 6.18 Å². The minimum Gasteiger partial charge on any atom is -0.339 e. The number of piperidine rings is 1. The second-order valence-corrected chi connectivity index (χ2v) is 10.3. The largest absolute Gasteiger partial charge is 0.416 e. The molecule has 9 heteroatoms. The summed E-state index contributed by atoms with van der Waals surface area (Å²) in [5.41, 5.74) is 2.47. The Bertz CT molecular complexity index is 1360. The lowest BCUT2D eigenvalue weighted by Crippen LogP contribution is -2.39. The van der Waals surface area contributed by atoms with Crippen LogP contribution in [-0.4, -0.2) is 39.2 Å². The number of carbonyl (C=O) groups excluding carboxylic acids is 2. The van der Waals surface area contributed by atoms with E-state index in [1.807, 2.05) is 11.8 Å². The third kappa shape index (κ3) is 5.40. The van der Waals surface area contributed by atoms with Crippen LogP contribution in [0.2, 0.25) is 5.02 Å². The maximum Gasteiger partial charge on any atom is 0.416 e. The molecule has 0 spiro atoms. The number of aryl methyl sites for hydroxylation is 2. The van der Waals surface area contributed by atoms with E-state index < -0.39 is 11.7 Å². The molecule has 1 aliphatic rings. The van der Waals surface area contributed by atoms with E-state index in [0.717, 1.165) is 30.0 Å². The van der Waals surface area contributed by atoms with Crippen LogP contribution >= 0.6 is 11.6 Å². The average Bonchev–Trinajstić information content (AvgIpc) is 3.15. The molecule has 1 aliphatic heterocycles. The standard InChI is InChI=1S/C28H31ClF3N3O2/c1-5-19-20(27(37)35-12-10-18(11-13-35)14-16(2)36)6-8-23(29)21(19)15-25-33-26-17(3)22(28(30,31)32)7-9-24(26)34(25)4/h6-9,18H,5,10-15H2,1-4H3. The van der Waals surface area contributed by atoms with Crippen molar-refractivity contribution in [3.05, 3.63) is 62.9 Å². The summed E-state index contributed by atoms with van der Waals surface area (Å²) < 4.78 is 42.1. The van der Waals surface area contributed by atoms with E-state index in [2.05, 4.69) is 4.98 Å². The Kier molecular flexibility index (Phi) is 7.70. The monoisotopic (exact) mass is 533 g/mol. The number of benzene rings is 2. The molecule has 1 fully saturated rings. The highest BCUT2D eigenvalue weighted by atomic mass is 35.5. The number of halogens is 4. The molecule has 0 saturated carbocycles. The zero-order valence-corrected chi connectivity index (χ0v) is 22.3. The molecule has 4 rings (SSSR count). The van der Waals surface area contributed by atoms with Crippen LogP contribution in [0.5, 0.6) is 0 Å². The second-order valence-electron chi connectivity index (χ2n) is 9.91. The summed E-state index contributed by atoms with van der Waals surface area (Å²) in [6, 6.07) is 6.00. The average molecular weight is 534 g/mol. The molecule has 0 N–H and O–H groups in total. The molecule has 1 amide bonds. The van der Waals surface area contributed by atoms with E-state index in [9.17, 15) is 22.8 Å². The summed E-state index contributed by atoms with van der Waals surface area (Å²) in [5, 5.41) is 0.494. The Morgan fingerprint density at radius 3 is 2.38 bits per heavy atom. The Morgan fingerprint density at radius 2 is 1.78 bits per heavy atom. The minimum absolute atomic E-state index is 0.0632. The van der Waals surface area contributed by atoms with Gasteiger partial charge in [-0.2, -0.15) is 13.2 Å². The fraction of sp³-hybridized carbons (Fsp3) is 0.464. The number of hydrogen-bond donors (Lipinski definition) is 0. The number of hydrogen-bond acceptors (Lipinski definition) is 3. The summed E-state index contributed by atoms with van der Waals surface area (Å²) in [4.78, 5) is 31.4. The number of Topliss-reactive ketones (excluding diaryl/α,β-unsaturated/α-hetero) is 1. The van der Waals surface area contributed by atoms with Gasteiger partial charge in [0.05, 0.1) is 16.6 Å². The third-order valence-electron chi connectivity index (χ3n) is 7.48. The van der Waals surface area contributed by atoms with E-state index in [1.165, 1.54) is 13.0 Å². The number of imidazole rings is 1. The van der Waals surface area contributed by atoms with E-state index in [4.69, 9.17) is 11.6 Å². The summed E-state index contributed by atoms with van der Waals surface area (Å²) >= 11 is 6.61. The van der Waals surface area contributed by atoms with E-state index in [0.29, 0.717) is 59.3 Å². The smallest absolute Gasteiger partial charge is 0.339 e. The molecular weight excluding hydrogens is 503 g/mol. The maximum atomic E-state index is 13.5. The molecule has 0 aliphatic carbocycles. The lowest BCUT2D eigenvalue weighted by molar-refractivity contribution is -0.138. The lowest BCUT2D eigenvalue weighted by Gasteiger charge is -2.32. The quantitative estimate of drug-likeness (QED) is 0.361. The number of nitrogens with zero attached hydrogens (tertiary/aromatic N) is 3. The molecule has 2 aromatic carbocycles. The van der Waals surface area contributed by atoms with Crippen LogP contribution in [0.25, 0.3) is 11.0 Å². The molecule has 0 bridgehead atoms. The maximum absolute atomic E-state index is 13.5. The highest BCUT2D eigenvalue weighted by Gasteiger charge is 2.34. The van der Waals surface area contributed by atoms with Crippen molar-refractivity contribution in [2.45, 2.75) is 59.1 Å². The molecule has 37 heavy (non-hydrogen) atoms. The van der Waals surface area contributed by atoms with Crippen molar-refractivity contribution in [3.8, 4) is 0 Å². The number of ketones is 1. The van der Waals surface area contributed by atoms with Gasteiger partial charge in [-0.3, -0.25) is 4.79 Å². The SMILES string of the molecule is CCc1c(C(=O)N2CCC(CC(C)=O)CC2)ccc(Cl)c1Cc1nc2c(C)c(C(F)(F)F)ccc2n1C. The zero-order valence-electron chi connectivity index (χ0n) is 21.5. The summed E-state index contributed by atoms with van der Waals surface area (Å²) in [5.74, 6) is 0.995. The predicted octanol–water partition coefficient (Wildman–Crippen LogP) is 6.54. The van der Waals surface area contributed by atoms with Crippen molar-refractivity contribution < 1.29 is 22.8 Å². The van der Waals surface area contributed by atoms with Crippen molar-refractivity contribution in [1.29, 1.82) is 0 Å². The number of alkyl halides is 3. The Labute approximate surface area is 219 Å². The second kappa shape index (κ2) is 10.5. The number of aromatic nitrogens is 2. The van der Waals surface area contributed by atoms with Crippen molar-refractivity contribution >= 4 is 34.3 Å². The van der Waals surface area contributed by atoms with Crippen molar-refractivity contribution in [3.63, 3.8) is 0 Å². The van der Waals surface area contributed by atoms with Crippen LogP contribution in [0.1, 0.15) is 71.5 Å². The first kappa shape index (κ1) is 27.2. The fourth-order valence-electron chi connectivity index (χ4n) is 5.44. The van der Waals surface area contributed by atoms with Gasteiger partial charge in [0.15, 0.2) is 0 Å². The van der Waals surface area contributed by atoms with Crippen LogP contribution in [-0.2, 0) is 30.9 Å². The molecule has 1 aromatic heterocycles. The third-order valence-corrected chi connectivity index (χ3v) is 7.83. The Morgan fingerprint density at radius 1 is 1.11 bits per heavy atom. The first-order chi connectivity index (χ1) is 17.4. The first-order valence-corrected chi connectivity index (χ1v) is 12.9. The highest BCUT2D eigenvalue weighted by molar-refractivity contribution is 6.31. The number of carbonyl (C=O) groups is 2. The number of fused-ring (bicyclic) bond motifs is 1. The number of amides is 1. The predicted molar refractivity (Wildman–Crippen MR) is 138 cm³/mol. The van der Waals surface area contributed by atoms with Crippen LogP contribution in [0.15, 0.2) is 24.3 Å². The van der Waals surface area contributed by atoms with Gasteiger partial charge in [0, 0.05) is 43.6 Å². The van der Waals surface area contributed by atoms with E-state index >= 15 is 0 Å². The van der Waals surface area contributed by atoms with Gasteiger partial charge in [0.2, 0.25) is 0 Å². The summed E-state index contributed by atoms with van der Waals surface area (Å²) in [6.45, 7) is 6.19. The van der Waals surface area contributed by atoms with E-state index in [-0.39, 0.29) is 23.7 Å². The topological polar surface area (TPSA) is 55.2 Å². The van der Waals surface area contributed by atoms with Crippen molar-refractivity contribution in [2.24, 2.45) is 13.0 Å². The zero-order chi connectivity index (χ0) is 27.1. The van der Waals surface area contributed by atoms with Gasteiger partial charge in [0.25, 0.3) is 5.91 Å². The van der Waals surface area contributed by atoms with Gasteiger partial charge in [-0.05, 0) is 80.0 Å². The van der Waals surface area contributed by atoms with Gasteiger partial charge in [-0.25, -0.2) is 4.98 Å². The number of likely N-dealkylation sites (tertiary alicyclic amines) is 1. The van der Waals surface area contributed by atoms with Gasteiger partial charge in [-0.15, -0.1) is 0 Å². The summed E-state index contributed by atoms with van der Waals surface area (Å²) in [6.07, 6.45) is -1.45. The highest BCUT2D eigenvalue weighted by Crippen LogP contribution is 2.36. The molecule has 0 unspecified atom stereocenters. The Balaban J connectivity index is 1.66. The van der Waals surface area contributed by atoms with Crippen molar-refractivity contribution in [1.82, 2.24) is 14.5 Å². The lowest BCUT2D eigenvalue weighted by atomic mass is 9.90. The molecule has 0 atom stereocenters. The van der Waals surface area contributed by atoms with Gasteiger partial charge < -0.3 is 14.3 Å². The van der Waals surface area contributed by atoms with Crippen LogP contribution in [0.3, 0.4) is 0 Å². The Hall–Kier alpha value is -2.87. The van der Waals surface area contributed by atoms with Crippen LogP contribution in [0, 0.1) is 12.8 Å². The normalized spacial score (nSPS) is 15.0. The van der Waals surface area contributed by atoms with Gasteiger partial charge in [0.1, 0.15) is 11.6 Å². The first-order valence-electron chi connectivity index (χ1n) is 12.5. The molecule has 198 valence electrons. The number of rotatable bonds is 6.